The number of hydrogen-bond donors (Lipinski definition) is 0. The molecule has 0 heterocycles. The second-order valence-corrected chi connectivity index (χ2v) is 11.4. The minimum Gasteiger partial charge on any atom is -0.461 e. The van der Waals surface area contributed by atoms with Crippen LogP contribution in [0.4, 0.5) is 0 Å². The summed E-state index contributed by atoms with van der Waals surface area (Å²) in [6.07, 6.45) is 3.73. The number of nitriles is 2. The van der Waals surface area contributed by atoms with Crippen LogP contribution in [0, 0.1) is 57.2 Å². The van der Waals surface area contributed by atoms with Crippen LogP contribution in [0.1, 0.15) is 121 Å². The molecule has 0 radical (unpaired) electrons. The van der Waals surface area contributed by atoms with Crippen LogP contribution in [-0.4, -0.2) is 24.1 Å². The normalized spacial score (nSPS) is 16.7. The summed E-state index contributed by atoms with van der Waals surface area (Å²) in [6.45, 7) is 20.0. The Hall–Kier alpha value is -2.08. The lowest BCUT2D eigenvalue weighted by molar-refractivity contribution is -0.163. The van der Waals surface area contributed by atoms with Crippen LogP contribution in [0.15, 0.2) is 0 Å². The summed E-state index contributed by atoms with van der Waals surface area (Å²) in [5.41, 5.74) is -1.63. The Labute approximate surface area is 221 Å². The van der Waals surface area contributed by atoms with Gasteiger partial charge in [-0.15, -0.1) is 0 Å². The second-order valence-electron chi connectivity index (χ2n) is 11.4. The van der Waals surface area contributed by atoms with Crippen LogP contribution in [0.3, 0.4) is 0 Å². The molecule has 0 rings (SSSR count). The Morgan fingerprint density at radius 3 is 1.14 bits per heavy atom. The van der Waals surface area contributed by atoms with Crippen molar-refractivity contribution < 1.29 is 19.1 Å². The summed E-state index contributed by atoms with van der Waals surface area (Å²) < 4.78 is 11.7. The van der Waals surface area contributed by atoms with Crippen molar-refractivity contribution >= 4 is 11.9 Å². The Kier molecular flexibility index (Phi) is 15.0. The number of hydrogen-bond acceptors (Lipinski definition) is 6. The summed E-state index contributed by atoms with van der Waals surface area (Å²) in [6, 6.07) is 4.78. The molecule has 206 valence electrons. The molecular formula is C30H52N2O4. The Bertz CT molecular complexity index is 694. The van der Waals surface area contributed by atoms with Crippen molar-refractivity contribution in [2.45, 2.75) is 133 Å². The van der Waals surface area contributed by atoms with Gasteiger partial charge in [-0.05, 0) is 50.4 Å². The van der Waals surface area contributed by atoms with Gasteiger partial charge in [-0.3, -0.25) is 9.59 Å². The minimum absolute atomic E-state index is 0.00477. The molecule has 0 saturated carbocycles. The average Bonchev–Trinajstić information content (AvgIpc) is 2.86. The fourth-order valence-electron chi connectivity index (χ4n) is 4.47. The van der Waals surface area contributed by atoms with Gasteiger partial charge in [0.2, 0.25) is 0 Å². The third-order valence-electron chi connectivity index (χ3n) is 8.70. The molecule has 0 aliphatic carbocycles. The minimum atomic E-state index is -0.814. The van der Waals surface area contributed by atoms with E-state index in [1.54, 1.807) is 0 Å². The first-order valence-electron chi connectivity index (χ1n) is 14.0. The van der Waals surface area contributed by atoms with Crippen LogP contribution in [0.2, 0.25) is 0 Å². The van der Waals surface area contributed by atoms with Gasteiger partial charge in [0.15, 0.2) is 0 Å². The Morgan fingerprint density at radius 1 is 0.667 bits per heavy atom. The van der Waals surface area contributed by atoms with Crippen molar-refractivity contribution in [3.05, 3.63) is 0 Å². The van der Waals surface area contributed by atoms with Crippen LogP contribution < -0.4 is 0 Å². The molecular weight excluding hydrogens is 452 g/mol. The zero-order chi connectivity index (χ0) is 28.1. The molecule has 0 bridgehead atoms. The smallest absolute Gasteiger partial charge is 0.306 e. The van der Waals surface area contributed by atoms with E-state index in [0.717, 1.165) is 25.7 Å². The molecule has 0 saturated heterocycles. The van der Waals surface area contributed by atoms with Gasteiger partial charge in [-0.2, -0.15) is 10.5 Å². The fraction of sp³-hybridized carbons (Fsp3) is 0.867. The van der Waals surface area contributed by atoms with E-state index in [-0.39, 0.29) is 24.7 Å². The number of ether oxygens (including phenoxy) is 2. The highest BCUT2D eigenvalue weighted by molar-refractivity contribution is 5.78. The third-order valence-corrected chi connectivity index (χ3v) is 8.70. The molecule has 0 aromatic heterocycles. The van der Waals surface area contributed by atoms with Crippen molar-refractivity contribution in [2.24, 2.45) is 34.5 Å². The second kappa shape index (κ2) is 15.9. The maximum atomic E-state index is 12.8. The standard InChI is InChI=1S/C30H52N2O4/c1-11-23(12-2)17-25(29(9,19-31)21(5)6)35-27(33)15-16-28(34)36-26(18-24(13-3)14-4)30(10,20-32)22(7)8/h21-26H,11-18H2,1-10H3. The summed E-state index contributed by atoms with van der Waals surface area (Å²) in [5.74, 6) is -0.272. The molecule has 0 aromatic rings. The topological polar surface area (TPSA) is 100 Å². The predicted molar refractivity (Wildman–Crippen MR) is 143 cm³/mol. The maximum absolute atomic E-state index is 12.8. The number of carbonyl (C=O) groups excluding carboxylic acids is 2. The van der Waals surface area contributed by atoms with Crippen LogP contribution in [-0.2, 0) is 19.1 Å². The Balaban J connectivity index is 5.49. The van der Waals surface area contributed by atoms with Gasteiger partial charge in [0, 0.05) is 0 Å². The van der Waals surface area contributed by atoms with Gasteiger partial charge in [0.1, 0.15) is 12.2 Å². The van der Waals surface area contributed by atoms with Gasteiger partial charge in [-0.1, -0.05) is 81.1 Å². The van der Waals surface area contributed by atoms with Crippen LogP contribution >= 0.6 is 0 Å². The number of rotatable bonds is 17. The molecule has 6 heteroatoms. The van der Waals surface area contributed by atoms with E-state index >= 15 is 0 Å². The zero-order valence-electron chi connectivity index (χ0n) is 24.6. The quantitative estimate of drug-likeness (QED) is 0.189. The molecule has 4 atom stereocenters. The molecule has 36 heavy (non-hydrogen) atoms. The monoisotopic (exact) mass is 504 g/mol. The van der Waals surface area contributed by atoms with Gasteiger partial charge in [0.25, 0.3) is 0 Å². The van der Waals surface area contributed by atoms with E-state index < -0.39 is 35.0 Å². The molecule has 0 fully saturated rings. The maximum Gasteiger partial charge on any atom is 0.306 e. The van der Waals surface area contributed by atoms with Crippen LogP contribution in [0.25, 0.3) is 0 Å². The molecule has 0 aromatic carbocycles. The predicted octanol–water partition coefficient (Wildman–Crippen LogP) is 7.61. The van der Waals surface area contributed by atoms with E-state index in [2.05, 4.69) is 39.8 Å². The first-order chi connectivity index (χ1) is 16.8. The average molecular weight is 505 g/mol. The largest absolute Gasteiger partial charge is 0.461 e. The lowest BCUT2D eigenvalue weighted by Crippen LogP contribution is -2.41. The number of esters is 2. The van der Waals surface area contributed by atoms with Crippen molar-refractivity contribution in [3.8, 4) is 12.1 Å². The van der Waals surface area contributed by atoms with Gasteiger partial charge in [-0.25, -0.2) is 0 Å². The first-order valence-corrected chi connectivity index (χ1v) is 14.0. The molecule has 4 unspecified atom stereocenters. The third kappa shape index (κ3) is 9.42. The van der Waals surface area contributed by atoms with Crippen molar-refractivity contribution in [1.82, 2.24) is 0 Å². The summed E-state index contributed by atoms with van der Waals surface area (Å²) in [5, 5.41) is 19.9. The van der Waals surface area contributed by atoms with Crippen molar-refractivity contribution in [1.29, 1.82) is 10.5 Å². The van der Waals surface area contributed by atoms with E-state index in [1.807, 2.05) is 41.5 Å². The van der Waals surface area contributed by atoms with Crippen molar-refractivity contribution in [3.63, 3.8) is 0 Å². The zero-order valence-corrected chi connectivity index (χ0v) is 24.6. The number of carbonyl (C=O) groups is 2. The SMILES string of the molecule is CCC(CC)CC(OC(=O)CCC(=O)OC(CC(CC)CC)C(C)(C#N)C(C)C)C(C)(C#N)C(C)C. The fourth-order valence-corrected chi connectivity index (χ4v) is 4.47. The van der Waals surface area contributed by atoms with Gasteiger partial charge >= 0.3 is 11.9 Å². The van der Waals surface area contributed by atoms with E-state index in [9.17, 15) is 20.1 Å². The number of nitrogens with zero attached hydrogens (tertiary/aromatic N) is 2. The highest BCUT2D eigenvalue weighted by Crippen LogP contribution is 2.38. The molecule has 0 N–H and O–H groups in total. The lowest BCUT2D eigenvalue weighted by Gasteiger charge is -2.36. The molecule has 0 aliphatic heterocycles. The highest BCUT2D eigenvalue weighted by atomic mass is 16.6. The van der Waals surface area contributed by atoms with E-state index in [0.29, 0.717) is 24.7 Å². The van der Waals surface area contributed by atoms with E-state index in [1.165, 1.54) is 0 Å². The Morgan fingerprint density at radius 2 is 0.944 bits per heavy atom. The molecule has 0 amide bonds. The molecule has 0 aliphatic rings. The summed E-state index contributed by atoms with van der Waals surface area (Å²) >= 11 is 0. The van der Waals surface area contributed by atoms with Gasteiger partial charge in [0.05, 0.1) is 35.8 Å². The molecule has 0 spiro atoms. The summed E-state index contributed by atoms with van der Waals surface area (Å²) in [4.78, 5) is 25.7. The lowest BCUT2D eigenvalue weighted by atomic mass is 9.72. The first kappa shape index (κ1) is 33.9. The van der Waals surface area contributed by atoms with Crippen LogP contribution in [0.5, 0.6) is 0 Å². The molecule has 6 nitrogen and oxygen atoms in total. The highest BCUT2D eigenvalue weighted by Gasteiger charge is 2.42. The van der Waals surface area contributed by atoms with E-state index in [4.69, 9.17) is 9.47 Å². The van der Waals surface area contributed by atoms with Crippen molar-refractivity contribution in [2.75, 3.05) is 0 Å². The van der Waals surface area contributed by atoms with Gasteiger partial charge < -0.3 is 9.47 Å². The summed E-state index contributed by atoms with van der Waals surface area (Å²) in [7, 11) is 0.